The molecule has 2 rings (SSSR count). The summed E-state index contributed by atoms with van der Waals surface area (Å²) in [5.41, 5.74) is 3.19. The summed E-state index contributed by atoms with van der Waals surface area (Å²) in [6, 6.07) is 10.2. The normalized spacial score (nSPS) is 10.6. The molecule has 0 aliphatic rings. The molecule has 4 heteroatoms. The van der Waals surface area contributed by atoms with Crippen LogP contribution in [0.1, 0.15) is 18.3 Å². The first kappa shape index (κ1) is 13.9. The lowest BCUT2D eigenvalue weighted by Gasteiger charge is -2.09. The van der Waals surface area contributed by atoms with Gasteiger partial charge in [0, 0.05) is 18.6 Å². The van der Waals surface area contributed by atoms with Crippen LogP contribution in [-0.2, 0) is 11.2 Å². The number of nitrogens with one attached hydrogen (secondary N) is 1. The first-order valence-corrected chi connectivity index (χ1v) is 6.86. The van der Waals surface area contributed by atoms with Gasteiger partial charge in [0.25, 0.3) is 0 Å². The Kier molecular flexibility index (Phi) is 4.82. The van der Waals surface area contributed by atoms with Gasteiger partial charge in [-0.3, -0.25) is 0 Å². The standard InChI is InChI=1S/C15H18N2OS/c1-3-18-10-9-13-16-14(11(2)15(19)17-13)12-7-5-4-6-8-12/h4-8H,3,9-10H2,1-2H3,(H,16,17,19). The van der Waals surface area contributed by atoms with Crippen LogP contribution in [0.4, 0.5) is 0 Å². The van der Waals surface area contributed by atoms with Crippen LogP contribution in [-0.4, -0.2) is 23.2 Å². The molecule has 3 nitrogen and oxygen atoms in total. The van der Waals surface area contributed by atoms with Crippen LogP contribution >= 0.6 is 12.2 Å². The van der Waals surface area contributed by atoms with Crippen LogP contribution in [0.2, 0.25) is 0 Å². The number of rotatable bonds is 5. The van der Waals surface area contributed by atoms with Gasteiger partial charge < -0.3 is 9.72 Å². The average molecular weight is 274 g/mol. The van der Waals surface area contributed by atoms with Crippen LogP contribution in [0.5, 0.6) is 0 Å². The topological polar surface area (TPSA) is 37.9 Å². The van der Waals surface area contributed by atoms with E-state index in [0.717, 1.165) is 35.7 Å². The van der Waals surface area contributed by atoms with E-state index in [9.17, 15) is 0 Å². The summed E-state index contributed by atoms with van der Waals surface area (Å²) < 4.78 is 6.02. The SMILES string of the molecule is CCOCCc1nc(=S)c(C)c(-c2ccccc2)[nH]1. The molecule has 0 saturated carbocycles. The fourth-order valence-electron chi connectivity index (χ4n) is 1.90. The zero-order valence-electron chi connectivity index (χ0n) is 11.3. The first-order chi connectivity index (χ1) is 9.22. The average Bonchev–Trinajstić information content (AvgIpc) is 2.44. The first-order valence-electron chi connectivity index (χ1n) is 6.45. The molecule has 0 aliphatic carbocycles. The number of benzene rings is 1. The van der Waals surface area contributed by atoms with Gasteiger partial charge in [-0.25, -0.2) is 4.98 Å². The Balaban J connectivity index is 2.35. The highest BCUT2D eigenvalue weighted by Gasteiger charge is 2.07. The van der Waals surface area contributed by atoms with Gasteiger partial charge in [0.15, 0.2) is 0 Å². The summed E-state index contributed by atoms with van der Waals surface area (Å²) in [5.74, 6) is 0.878. The molecular weight excluding hydrogens is 256 g/mol. The van der Waals surface area contributed by atoms with Crippen LogP contribution < -0.4 is 0 Å². The molecule has 0 atom stereocenters. The molecule has 0 fully saturated rings. The summed E-state index contributed by atoms with van der Waals surface area (Å²) >= 11 is 5.34. The molecule has 1 aromatic carbocycles. The molecule has 0 unspecified atom stereocenters. The Labute approximate surface area is 118 Å². The minimum absolute atomic E-state index is 0.657. The van der Waals surface area contributed by atoms with E-state index in [1.165, 1.54) is 0 Å². The van der Waals surface area contributed by atoms with E-state index in [-0.39, 0.29) is 0 Å². The minimum Gasteiger partial charge on any atom is -0.381 e. The largest absolute Gasteiger partial charge is 0.381 e. The summed E-state index contributed by atoms with van der Waals surface area (Å²) in [7, 11) is 0. The van der Waals surface area contributed by atoms with Gasteiger partial charge >= 0.3 is 0 Å². The lowest BCUT2D eigenvalue weighted by molar-refractivity contribution is 0.149. The molecule has 2 aromatic rings. The maximum Gasteiger partial charge on any atom is 0.133 e. The number of hydrogen-bond acceptors (Lipinski definition) is 3. The Bertz CT molecular complexity index is 593. The smallest absolute Gasteiger partial charge is 0.133 e. The number of H-pyrrole nitrogens is 1. The summed E-state index contributed by atoms with van der Waals surface area (Å²) in [5, 5.41) is 0. The number of nitrogens with zero attached hydrogens (tertiary/aromatic N) is 1. The van der Waals surface area contributed by atoms with Gasteiger partial charge in [-0.2, -0.15) is 0 Å². The molecule has 0 amide bonds. The van der Waals surface area contributed by atoms with Crippen molar-refractivity contribution in [2.75, 3.05) is 13.2 Å². The summed E-state index contributed by atoms with van der Waals surface area (Å²) in [6.07, 6.45) is 0.748. The maximum absolute atomic E-state index is 5.36. The van der Waals surface area contributed by atoms with Crippen molar-refractivity contribution in [2.45, 2.75) is 20.3 Å². The predicted molar refractivity (Wildman–Crippen MR) is 79.8 cm³/mol. The fraction of sp³-hybridized carbons (Fsp3) is 0.333. The Morgan fingerprint density at radius 3 is 2.68 bits per heavy atom. The molecule has 0 aliphatic heterocycles. The Morgan fingerprint density at radius 2 is 2.00 bits per heavy atom. The maximum atomic E-state index is 5.36. The van der Waals surface area contributed by atoms with E-state index in [0.29, 0.717) is 11.2 Å². The van der Waals surface area contributed by atoms with E-state index < -0.39 is 0 Å². The molecule has 0 saturated heterocycles. The number of hydrogen-bond donors (Lipinski definition) is 1. The third kappa shape index (κ3) is 3.49. The van der Waals surface area contributed by atoms with Gasteiger partial charge in [-0.05, 0) is 19.4 Å². The van der Waals surface area contributed by atoms with Crippen molar-refractivity contribution in [3.8, 4) is 11.3 Å². The van der Waals surface area contributed by atoms with Crippen molar-refractivity contribution in [2.24, 2.45) is 0 Å². The van der Waals surface area contributed by atoms with Crippen molar-refractivity contribution >= 4 is 12.2 Å². The van der Waals surface area contributed by atoms with Gasteiger partial charge in [-0.15, -0.1) is 0 Å². The zero-order chi connectivity index (χ0) is 13.7. The minimum atomic E-state index is 0.657. The second-order valence-corrected chi connectivity index (χ2v) is 4.69. The van der Waals surface area contributed by atoms with E-state index in [1.54, 1.807) is 0 Å². The molecule has 0 bridgehead atoms. The second kappa shape index (κ2) is 6.59. The lowest BCUT2D eigenvalue weighted by Crippen LogP contribution is -2.05. The Morgan fingerprint density at radius 1 is 1.26 bits per heavy atom. The molecular formula is C15H18N2OS. The quantitative estimate of drug-likeness (QED) is 0.667. The van der Waals surface area contributed by atoms with Crippen molar-refractivity contribution in [1.82, 2.24) is 9.97 Å². The van der Waals surface area contributed by atoms with Crippen LogP contribution in [0.3, 0.4) is 0 Å². The number of ether oxygens (including phenoxy) is 1. The highest BCUT2D eigenvalue weighted by atomic mass is 32.1. The van der Waals surface area contributed by atoms with Crippen LogP contribution in [0, 0.1) is 11.6 Å². The summed E-state index contributed by atoms with van der Waals surface area (Å²) in [6.45, 7) is 5.37. The monoisotopic (exact) mass is 274 g/mol. The molecule has 1 aromatic heterocycles. The molecule has 19 heavy (non-hydrogen) atoms. The highest BCUT2D eigenvalue weighted by molar-refractivity contribution is 7.71. The lowest BCUT2D eigenvalue weighted by atomic mass is 10.1. The van der Waals surface area contributed by atoms with Crippen LogP contribution in [0.15, 0.2) is 30.3 Å². The van der Waals surface area contributed by atoms with Crippen LogP contribution in [0.25, 0.3) is 11.3 Å². The molecule has 100 valence electrons. The number of aromatic amines is 1. The molecule has 0 spiro atoms. The van der Waals surface area contributed by atoms with Gasteiger partial charge in [-0.1, -0.05) is 42.5 Å². The summed E-state index contributed by atoms with van der Waals surface area (Å²) in [4.78, 5) is 7.78. The zero-order valence-corrected chi connectivity index (χ0v) is 12.1. The van der Waals surface area contributed by atoms with Crippen molar-refractivity contribution in [3.05, 3.63) is 46.4 Å². The predicted octanol–water partition coefficient (Wildman–Crippen LogP) is 3.69. The molecule has 1 heterocycles. The highest BCUT2D eigenvalue weighted by Crippen LogP contribution is 2.21. The van der Waals surface area contributed by atoms with E-state index in [1.807, 2.05) is 32.0 Å². The third-order valence-electron chi connectivity index (χ3n) is 2.95. The number of aromatic nitrogens is 2. The van der Waals surface area contributed by atoms with Crippen molar-refractivity contribution < 1.29 is 4.74 Å². The van der Waals surface area contributed by atoms with Crippen molar-refractivity contribution in [3.63, 3.8) is 0 Å². The van der Waals surface area contributed by atoms with Gasteiger partial charge in [0.2, 0.25) is 0 Å². The third-order valence-corrected chi connectivity index (χ3v) is 3.35. The molecule has 0 radical (unpaired) electrons. The van der Waals surface area contributed by atoms with E-state index in [4.69, 9.17) is 17.0 Å². The van der Waals surface area contributed by atoms with Gasteiger partial charge in [0.05, 0.1) is 12.3 Å². The van der Waals surface area contributed by atoms with Crippen molar-refractivity contribution in [1.29, 1.82) is 0 Å². The fourth-order valence-corrected chi connectivity index (χ4v) is 2.12. The van der Waals surface area contributed by atoms with Gasteiger partial charge in [0.1, 0.15) is 10.5 Å². The Hall–Kier alpha value is -1.52. The second-order valence-electron chi connectivity index (χ2n) is 4.30. The molecule has 1 N–H and O–H groups in total. The van der Waals surface area contributed by atoms with E-state index >= 15 is 0 Å². The van der Waals surface area contributed by atoms with E-state index in [2.05, 4.69) is 22.1 Å².